The molecule has 0 bridgehead atoms. The molecular weight excluding hydrogens is 274 g/mol. The van der Waals surface area contributed by atoms with Crippen LogP contribution in [-0.2, 0) is 4.79 Å². The normalized spacial score (nSPS) is 18.8. The molecule has 5 nitrogen and oxygen atoms in total. The summed E-state index contributed by atoms with van der Waals surface area (Å²) in [5.41, 5.74) is 0.810. The molecule has 20 heavy (non-hydrogen) atoms. The van der Waals surface area contributed by atoms with Crippen LogP contribution >= 0.6 is 12.2 Å². The first kappa shape index (κ1) is 14.7. The number of nitrogens with zero attached hydrogens (tertiary/aromatic N) is 2. The molecule has 1 atom stereocenters. The molecule has 1 fully saturated rings. The number of amides is 1. The van der Waals surface area contributed by atoms with Gasteiger partial charge in [-0.15, -0.1) is 0 Å². The Hall–Kier alpha value is -1.66. The zero-order valence-corrected chi connectivity index (χ0v) is 12.5. The average molecular weight is 293 g/mol. The van der Waals surface area contributed by atoms with E-state index in [0.29, 0.717) is 11.7 Å². The van der Waals surface area contributed by atoms with E-state index in [-0.39, 0.29) is 11.7 Å². The summed E-state index contributed by atoms with van der Waals surface area (Å²) in [5, 5.41) is 12.8. The zero-order chi connectivity index (χ0) is 14.7. The molecule has 0 radical (unpaired) electrons. The lowest BCUT2D eigenvalue weighted by atomic mass is 10.1. The molecule has 0 aromatic heterocycles. The van der Waals surface area contributed by atoms with Crippen molar-refractivity contribution in [2.75, 3.05) is 27.2 Å². The number of benzene rings is 1. The number of aromatic hydroxyl groups is 1. The maximum Gasteiger partial charge on any atom is 0.255 e. The molecule has 1 aromatic rings. The number of nitrogens with one attached hydrogen (secondary N) is 1. The van der Waals surface area contributed by atoms with E-state index in [2.05, 4.69) is 10.2 Å². The number of hydrogen-bond acceptors (Lipinski definition) is 4. The van der Waals surface area contributed by atoms with Crippen LogP contribution in [0.2, 0.25) is 0 Å². The van der Waals surface area contributed by atoms with Gasteiger partial charge in [0.15, 0.2) is 5.11 Å². The van der Waals surface area contributed by atoms with E-state index in [4.69, 9.17) is 12.2 Å². The molecule has 1 amide bonds. The van der Waals surface area contributed by atoms with Crippen LogP contribution in [0.3, 0.4) is 0 Å². The topological polar surface area (TPSA) is 55.8 Å². The van der Waals surface area contributed by atoms with Gasteiger partial charge >= 0.3 is 0 Å². The highest BCUT2D eigenvalue weighted by molar-refractivity contribution is 7.80. The standard InChI is InChI=1S/C14H19N3O2S/c1-16(2)8-3-9-17-13(19)12(15-14(17)20)10-4-6-11(18)7-5-10/h4-7,12,18H,3,8-9H2,1-2H3,(H,15,20). The molecule has 1 heterocycles. The first-order valence-electron chi connectivity index (χ1n) is 6.54. The smallest absolute Gasteiger partial charge is 0.255 e. The summed E-state index contributed by atoms with van der Waals surface area (Å²) < 4.78 is 0. The van der Waals surface area contributed by atoms with E-state index in [9.17, 15) is 9.90 Å². The van der Waals surface area contributed by atoms with Crippen molar-refractivity contribution in [1.29, 1.82) is 0 Å². The van der Waals surface area contributed by atoms with Gasteiger partial charge in [0, 0.05) is 6.54 Å². The van der Waals surface area contributed by atoms with Gasteiger partial charge in [-0.1, -0.05) is 12.1 Å². The Kier molecular flexibility index (Phi) is 4.57. The number of thiocarbonyl (C=S) groups is 1. The molecule has 0 spiro atoms. The van der Waals surface area contributed by atoms with Crippen LogP contribution in [0.25, 0.3) is 0 Å². The minimum absolute atomic E-state index is 0.0283. The minimum Gasteiger partial charge on any atom is -0.508 e. The number of phenolic OH excluding ortho intramolecular Hbond substituents is 1. The highest BCUT2D eigenvalue weighted by Gasteiger charge is 2.35. The van der Waals surface area contributed by atoms with E-state index in [1.54, 1.807) is 29.2 Å². The Morgan fingerprint density at radius 2 is 2.00 bits per heavy atom. The molecule has 1 saturated heterocycles. The van der Waals surface area contributed by atoms with Crippen molar-refractivity contribution >= 4 is 23.2 Å². The Morgan fingerprint density at radius 3 is 2.60 bits per heavy atom. The number of phenols is 1. The first-order chi connectivity index (χ1) is 9.49. The van der Waals surface area contributed by atoms with E-state index in [1.165, 1.54) is 0 Å². The Labute approximate surface area is 124 Å². The summed E-state index contributed by atoms with van der Waals surface area (Å²) in [5.74, 6) is 0.157. The summed E-state index contributed by atoms with van der Waals surface area (Å²) in [7, 11) is 4.00. The second kappa shape index (κ2) is 6.19. The fourth-order valence-corrected chi connectivity index (χ4v) is 2.47. The molecule has 0 saturated carbocycles. The van der Waals surface area contributed by atoms with Crippen molar-refractivity contribution in [3.8, 4) is 5.75 Å². The van der Waals surface area contributed by atoms with Gasteiger partial charge in [-0.05, 0) is 57.0 Å². The van der Waals surface area contributed by atoms with Crippen molar-refractivity contribution in [2.24, 2.45) is 0 Å². The van der Waals surface area contributed by atoms with Gasteiger partial charge in [-0.25, -0.2) is 0 Å². The predicted octanol–water partition coefficient (Wildman–Crippen LogP) is 1.10. The molecule has 108 valence electrons. The maximum atomic E-state index is 12.4. The molecule has 1 unspecified atom stereocenters. The maximum absolute atomic E-state index is 12.4. The number of rotatable bonds is 5. The van der Waals surface area contributed by atoms with Crippen LogP contribution in [0.5, 0.6) is 5.75 Å². The summed E-state index contributed by atoms with van der Waals surface area (Å²) in [6.45, 7) is 1.54. The summed E-state index contributed by atoms with van der Waals surface area (Å²) in [6.07, 6.45) is 0.878. The van der Waals surface area contributed by atoms with Gasteiger partial charge in [-0.2, -0.15) is 0 Å². The summed E-state index contributed by atoms with van der Waals surface area (Å²) >= 11 is 5.23. The van der Waals surface area contributed by atoms with E-state index >= 15 is 0 Å². The van der Waals surface area contributed by atoms with Gasteiger partial charge in [0.1, 0.15) is 11.8 Å². The molecule has 1 aromatic carbocycles. The van der Waals surface area contributed by atoms with E-state index < -0.39 is 6.04 Å². The Balaban J connectivity index is 2.03. The van der Waals surface area contributed by atoms with Crippen LogP contribution in [0.15, 0.2) is 24.3 Å². The highest BCUT2D eigenvalue weighted by atomic mass is 32.1. The van der Waals surface area contributed by atoms with Gasteiger partial charge in [0.2, 0.25) is 0 Å². The second-order valence-electron chi connectivity index (χ2n) is 5.12. The molecular formula is C14H19N3O2S. The van der Waals surface area contributed by atoms with Crippen LogP contribution in [-0.4, -0.2) is 53.1 Å². The quantitative estimate of drug-likeness (QED) is 0.796. The Bertz CT molecular complexity index is 502. The molecule has 2 rings (SSSR count). The second-order valence-corrected chi connectivity index (χ2v) is 5.51. The van der Waals surface area contributed by atoms with Gasteiger partial charge in [-0.3, -0.25) is 9.69 Å². The lowest BCUT2D eigenvalue weighted by Gasteiger charge is -2.16. The molecule has 6 heteroatoms. The van der Waals surface area contributed by atoms with Crippen LogP contribution < -0.4 is 5.32 Å². The van der Waals surface area contributed by atoms with Crippen LogP contribution in [0.1, 0.15) is 18.0 Å². The number of carbonyl (C=O) groups excluding carboxylic acids is 1. The largest absolute Gasteiger partial charge is 0.508 e. The fourth-order valence-electron chi connectivity index (χ4n) is 2.17. The van der Waals surface area contributed by atoms with Crippen molar-refractivity contribution in [2.45, 2.75) is 12.5 Å². The minimum atomic E-state index is -0.442. The van der Waals surface area contributed by atoms with Crippen LogP contribution in [0.4, 0.5) is 0 Å². The zero-order valence-electron chi connectivity index (χ0n) is 11.7. The van der Waals surface area contributed by atoms with Crippen molar-refractivity contribution in [1.82, 2.24) is 15.1 Å². The lowest BCUT2D eigenvalue weighted by molar-refractivity contribution is -0.127. The lowest BCUT2D eigenvalue weighted by Crippen LogP contribution is -2.33. The summed E-state index contributed by atoms with van der Waals surface area (Å²) in [4.78, 5) is 16.1. The summed E-state index contributed by atoms with van der Waals surface area (Å²) in [6, 6.07) is 6.17. The van der Waals surface area contributed by atoms with E-state index in [1.807, 2.05) is 14.1 Å². The molecule has 1 aliphatic heterocycles. The third-order valence-electron chi connectivity index (χ3n) is 3.24. The van der Waals surface area contributed by atoms with E-state index in [0.717, 1.165) is 18.5 Å². The van der Waals surface area contributed by atoms with Gasteiger partial charge in [0.25, 0.3) is 5.91 Å². The third-order valence-corrected chi connectivity index (χ3v) is 3.58. The highest BCUT2D eigenvalue weighted by Crippen LogP contribution is 2.23. The first-order valence-corrected chi connectivity index (χ1v) is 6.95. The number of carbonyl (C=O) groups is 1. The molecule has 0 aliphatic carbocycles. The van der Waals surface area contributed by atoms with Crippen molar-refractivity contribution in [3.05, 3.63) is 29.8 Å². The fraction of sp³-hybridized carbons (Fsp3) is 0.429. The van der Waals surface area contributed by atoms with Crippen molar-refractivity contribution < 1.29 is 9.90 Å². The predicted molar refractivity (Wildman–Crippen MR) is 81.5 cm³/mol. The van der Waals surface area contributed by atoms with Gasteiger partial charge < -0.3 is 15.3 Å². The SMILES string of the molecule is CN(C)CCCN1C(=O)C(c2ccc(O)cc2)NC1=S. The van der Waals surface area contributed by atoms with Crippen LogP contribution in [0, 0.1) is 0 Å². The number of hydrogen-bond donors (Lipinski definition) is 2. The Morgan fingerprint density at radius 1 is 1.35 bits per heavy atom. The monoisotopic (exact) mass is 293 g/mol. The molecule has 1 aliphatic rings. The molecule has 2 N–H and O–H groups in total. The third kappa shape index (κ3) is 3.26. The average Bonchev–Trinajstić information content (AvgIpc) is 2.67. The van der Waals surface area contributed by atoms with Gasteiger partial charge in [0.05, 0.1) is 0 Å². The van der Waals surface area contributed by atoms with Crippen molar-refractivity contribution in [3.63, 3.8) is 0 Å².